The fourth-order valence-electron chi connectivity index (χ4n) is 3.86. The summed E-state index contributed by atoms with van der Waals surface area (Å²) in [6, 6.07) is 13.7. The zero-order chi connectivity index (χ0) is 22.1. The molecule has 166 valence electrons. The molecule has 5 nitrogen and oxygen atoms in total. The summed E-state index contributed by atoms with van der Waals surface area (Å²) in [6.45, 7) is 6.03. The minimum Gasteiger partial charge on any atom is -0.355 e. The van der Waals surface area contributed by atoms with E-state index in [4.69, 9.17) is 0 Å². The Kier molecular flexibility index (Phi) is 8.59. The van der Waals surface area contributed by atoms with Crippen LogP contribution in [0.15, 0.2) is 48.5 Å². The maximum Gasteiger partial charge on any atom is 0.227 e. The van der Waals surface area contributed by atoms with Crippen molar-refractivity contribution in [3.63, 3.8) is 0 Å². The summed E-state index contributed by atoms with van der Waals surface area (Å²) in [5.74, 6) is -0.291. The van der Waals surface area contributed by atoms with Gasteiger partial charge in [0.2, 0.25) is 11.8 Å². The van der Waals surface area contributed by atoms with Gasteiger partial charge >= 0.3 is 0 Å². The van der Waals surface area contributed by atoms with Gasteiger partial charge in [0.1, 0.15) is 5.82 Å². The number of rotatable bonds is 9. The van der Waals surface area contributed by atoms with E-state index in [-0.39, 0.29) is 17.6 Å². The number of carbonyl (C=O) groups excluding carboxylic acids is 2. The van der Waals surface area contributed by atoms with Crippen LogP contribution in [0.25, 0.3) is 0 Å². The minimum atomic E-state index is -0.296. The van der Waals surface area contributed by atoms with Crippen LogP contribution in [0.4, 0.5) is 10.1 Å². The first-order chi connectivity index (χ1) is 15.0. The Morgan fingerprint density at radius 3 is 2.26 bits per heavy atom. The molecular formula is C25H32FN3O2. The number of amides is 2. The molecule has 0 bridgehead atoms. The first-order valence-corrected chi connectivity index (χ1v) is 11.2. The molecule has 31 heavy (non-hydrogen) atoms. The molecule has 0 saturated carbocycles. The summed E-state index contributed by atoms with van der Waals surface area (Å²) in [4.78, 5) is 28.8. The van der Waals surface area contributed by atoms with Crippen molar-refractivity contribution in [3.8, 4) is 0 Å². The van der Waals surface area contributed by atoms with Crippen molar-refractivity contribution in [2.24, 2.45) is 0 Å². The van der Waals surface area contributed by atoms with Gasteiger partial charge in [-0.1, -0.05) is 37.6 Å². The van der Waals surface area contributed by atoms with Crippen molar-refractivity contribution >= 4 is 17.5 Å². The minimum absolute atomic E-state index is 0.00692. The number of halogens is 1. The van der Waals surface area contributed by atoms with E-state index in [2.05, 4.69) is 10.2 Å². The van der Waals surface area contributed by atoms with Gasteiger partial charge in [0.25, 0.3) is 0 Å². The molecule has 0 aliphatic carbocycles. The zero-order valence-electron chi connectivity index (χ0n) is 18.3. The average Bonchev–Trinajstić information content (AvgIpc) is 2.79. The number of benzene rings is 2. The number of anilines is 1. The molecule has 1 aliphatic rings. The van der Waals surface area contributed by atoms with E-state index in [9.17, 15) is 14.0 Å². The summed E-state index contributed by atoms with van der Waals surface area (Å²) in [7, 11) is 0. The van der Waals surface area contributed by atoms with Gasteiger partial charge in [-0.15, -0.1) is 0 Å². The van der Waals surface area contributed by atoms with Crippen LogP contribution in [0.5, 0.6) is 0 Å². The molecule has 1 aliphatic heterocycles. The molecule has 0 atom stereocenters. The van der Waals surface area contributed by atoms with E-state index in [0.717, 1.165) is 36.4 Å². The number of likely N-dealkylation sites (tertiary alicyclic amines) is 1. The van der Waals surface area contributed by atoms with Crippen molar-refractivity contribution in [3.05, 3.63) is 65.5 Å². The lowest BCUT2D eigenvalue weighted by molar-refractivity contribution is -0.120. The number of hydrogen-bond acceptors (Lipinski definition) is 3. The van der Waals surface area contributed by atoms with Gasteiger partial charge in [0.05, 0.1) is 13.0 Å². The lowest BCUT2D eigenvalue weighted by Gasteiger charge is -2.26. The van der Waals surface area contributed by atoms with Gasteiger partial charge < -0.3 is 15.1 Å². The second kappa shape index (κ2) is 11.6. The number of carbonyl (C=O) groups is 2. The fraction of sp³-hybridized carbons (Fsp3) is 0.440. The SMILES string of the molecule is CCC(=O)N(Cc1ccc(F)cc1)c1ccc(CC(=O)NCCN2CCCCC2)cc1. The van der Waals surface area contributed by atoms with Crippen molar-refractivity contribution in [2.75, 3.05) is 31.1 Å². The van der Waals surface area contributed by atoms with Gasteiger partial charge in [-0.2, -0.15) is 0 Å². The van der Waals surface area contributed by atoms with E-state index in [1.54, 1.807) is 17.0 Å². The molecule has 0 radical (unpaired) electrons. The van der Waals surface area contributed by atoms with E-state index < -0.39 is 0 Å². The maximum atomic E-state index is 13.2. The van der Waals surface area contributed by atoms with Crippen LogP contribution in [-0.2, 0) is 22.6 Å². The van der Waals surface area contributed by atoms with E-state index in [1.165, 1.54) is 31.4 Å². The Labute approximate surface area is 184 Å². The first-order valence-electron chi connectivity index (χ1n) is 11.2. The Hall–Kier alpha value is -2.73. The summed E-state index contributed by atoms with van der Waals surface area (Å²) < 4.78 is 13.2. The van der Waals surface area contributed by atoms with Gasteiger partial charge in [-0.3, -0.25) is 9.59 Å². The number of piperidine rings is 1. The number of hydrogen-bond donors (Lipinski definition) is 1. The molecule has 2 aromatic carbocycles. The van der Waals surface area contributed by atoms with Gasteiger partial charge in [0, 0.05) is 25.2 Å². The van der Waals surface area contributed by atoms with Crippen LogP contribution in [0.2, 0.25) is 0 Å². The third-order valence-corrected chi connectivity index (χ3v) is 5.67. The molecule has 2 amide bonds. The van der Waals surface area contributed by atoms with Crippen molar-refractivity contribution < 1.29 is 14.0 Å². The summed E-state index contributed by atoms with van der Waals surface area (Å²) in [5, 5.41) is 3.00. The lowest BCUT2D eigenvalue weighted by atomic mass is 10.1. The normalized spacial score (nSPS) is 14.3. The van der Waals surface area contributed by atoms with Crippen LogP contribution >= 0.6 is 0 Å². The Morgan fingerprint density at radius 1 is 0.968 bits per heavy atom. The molecule has 3 rings (SSSR count). The molecule has 0 spiro atoms. The van der Waals surface area contributed by atoms with Crippen LogP contribution in [0, 0.1) is 5.82 Å². The van der Waals surface area contributed by atoms with Gasteiger partial charge in [-0.25, -0.2) is 4.39 Å². The molecule has 6 heteroatoms. The Morgan fingerprint density at radius 2 is 1.61 bits per heavy atom. The smallest absolute Gasteiger partial charge is 0.227 e. The Balaban J connectivity index is 1.54. The number of nitrogens with one attached hydrogen (secondary N) is 1. The highest BCUT2D eigenvalue weighted by molar-refractivity contribution is 5.93. The second-order valence-corrected chi connectivity index (χ2v) is 8.06. The molecule has 1 N–H and O–H groups in total. The highest BCUT2D eigenvalue weighted by Gasteiger charge is 2.15. The molecule has 1 fully saturated rings. The fourth-order valence-corrected chi connectivity index (χ4v) is 3.86. The molecule has 0 unspecified atom stereocenters. The average molecular weight is 426 g/mol. The van der Waals surface area contributed by atoms with Crippen LogP contribution in [-0.4, -0.2) is 42.9 Å². The largest absolute Gasteiger partial charge is 0.355 e. The van der Waals surface area contributed by atoms with E-state index in [1.807, 2.05) is 31.2 Å². The molecular weight excluding hydrogens is 393 g/mol. The van der Waals surface area contributed by atoms with Crippen LogP contribution in [0.1, 0.15) is 43.7 Å². The Bertz CT molecular complexity index is 846. The third kappa shape index (κ3) is 7.17. The predicted molar refractivity (Wildman–Crippen MR) is 121 cm³/mol. The lowest BCUT2D eigenvalue weighted by Crippen LogP contribution is -2.38. The van der Waals surface area contributed by atoms with Crippen LogP contribution in [0.3, 0.4) is 0 Å². The van der Waals surface area contributed by atoms with E-state index in [0.29, 0.717) is 25.9 Å². The van der Waals surface area contributed by atoms with Crippen molar-refractivity contribution in [2.45, 2.75) is 45.6 Å². The van der Waals surface area contributed by atoms with Crippen LogP contribution < -0.4 is 10.2 Å². The second-order valence-electron chi connectivity index (χ2n) is 8.06. The zero-order valence-corrected chi connectivity index (χ0v) is 18.3. The van der Waals surface area contributed by atoms with Crippen molar-refractivity contribution in [1.29, 1.82) is 0 Å². The van der Waals surface area contributed by atoms with Gasteiger partial charge in [-0.05, 0) is 61.3 Å². The van der Waals surface area contributed by atoms with Crippen molar-refractivity contribution in [1.82, 2.24) is 10.2 Å². The highest BCUT2D eigenvalue weighted by Crippen LogP contribution is 2.20. The topological polar surface area (TPSA) is 52.7 Å². The monoisotopic (exact) mass is 425 g/mol. The molecule has 1 saturated heterocycles. The summed E-state index contributed by atoms with van der Waals surface area (Å²) in [5.41, 5.74) is 2.54. The quantitative estimate of drug-likeness (QED) is 0.663. The molecule has 2 aromatic rings. The molecule has 0 aromatic heterocycles. The maximum absolute atomic E-state index is 13.2. The summed E-state index contributed by atoms with van der Waals surface area (Å²) >= 11 is 0. The third-order valence-electron chi connectivity index (χ3n) is 5.67. The number of nitrogens with zero attached hydrogens (tertiary/aromatic N) is 2. The predicted octanol–water partition coefficient (Wildman–Crippen LogP) is 3.91. The standard InChI is InChI=1S/C25H32FN3O2/c1-2-25(31)29(19-21-6-10-22(26)11-7-21)23-12-8-20(9-13-23)18-24(30)27-14-17-28-15-4-3-5-16-28/h6-13H,2-5,14-19H2,1H3,(H,27,30). The summed E-state index contributed by atoms with van der Waals surface area (Å²) in [6.07, 6.45) is 4.50. The first kappa shape index (κ1) is 22.9. The highest BCUT2D eigenvalue weighted by atomic mass is 19.1. The molecule has 1 heterocycles. The van der Waals surface area contributed by atoms with Gasteiger partial charge in [0.15, 0.2) is 0 Å². The van der Waals surface area contributed by atoms with E-state index >= 15 is 0 Å².